The summed E-state index contributed by atoms with van der Waals surface area (Å²) in [5.74, 6) is 2.86. The van der Waals surface area contributed by atoms with E-state index in [2.05, 4.69) is 30.6 Å². The van der Waals surface area contributed by atoms with Crippen molar-refractivity contribution in [2.24, 2.45) is 17.8 Å². The molecular weight excluding hydrogens is 220 g/mol. The lowest BCUT2D eigenvalue weighted by molar-refractivity contribution is 0.0837. The van der Waals surface area contributed by atoms with E-state index in [1.807, 2.05) is 0 Å². The summed E-state index contributed by atoms with van der Waals surface area (Å²) in [7, 11) is 0. The maximum atomic E-state index is 2.74. The Morgan fingerprint density at radius 1 is 0.944 bits per heavy atom. The fraction of sp³-hybridized carbons (Fsp3) is 1.00. The van der Waals surface area contributed by atoms with Crippen LogP contribution in [0.3, 0.4) is 0 Å². The van der Waals surface area contributed by atoms with Crippen LogP contribution in [0.2, 0.25) is 0 Å². The second-order valence-electron chi connectivity index (χ2n) is 6.57. The molecule has 2 saturated heterocycles. The SMILES string of the molecule is CCC1CCN(C[C@H]2CCN(CC)C[C@H]2C)CC1. The zero-order valence-corrected chi connectivity index (χ0v) is 12.7. The fourth-order valence-electron chi connectivity index (χ4n) is 3.75. The molecule has 0 radical (unpaired) electrons. The number of likely N-dealkylation sites (tertiary alicyclic amines) is 2. The van der Waals surface area contributed by atoms with Gasteiger partial charge in [0.15, 0.2) is 0 Å². The molecule has 2 aliphatic rings. The van der Waals surface area contributed by atoms with Crippen molar-refractivity contribution in [3.8, 4) is 0 Å². The van der Waals surface area contributed by atoms with Crippen molar-refractivity contribution < 1.29 is 0 Å². The van der Waals surface area contributed by atoms with Gasteiger partial charge in [-0.1, -0.05) is 27.2 Å². The number of nitrogens with zero attached hydrogens (tertiary/aromatic N) is 2. The van der Waals surface area contributed by atoms with Crippen LogP contribution in [-0.4, -0.2) is 49.1 Å². The van der Waals surface area contributed by atoms with Crippen LogP contribution in [0, 0.1) is 17.8 Å². The molecule has 2 atom stereocenters. The predicted octanol–water partition coefficient (Wildman–Crippen LogP) is 3.09. The average Bonchev–Trinajstić information content (AvgIpc) is 2.42. The van der Waals surface area contributed by atoms with Crippen LogP contribution < -0.4 is 0 Å². The molecule has 2 fully saturated rings. The molecule has 0 aromatic rings. The van der Waals surface area contributed by atoms with Gasteiger partial charge < -0.3 is 9.80 Å². The van der Waals surface area contributed by atoms with E-state index in [0.29, 0.717) is 0 Å². The molecule has 0 N–H and O–H groups in total. The molecule has 0 amide bonds. The zero-order chi connectivity index (χ0) is 13.0. The van der Waals surface area contributed by atoms with Gasteiger partial charge in [-0.3, -0.25) is 0 Å². The minimum atomic E-state index is 0.891. The maximum Gasteiger partial charge on any atom is 0.00132 e. The third-order valence-corrected chi connectivity index (χ3v) is 5.39. The molecule has 0 bridgehead atoms. The molecule has 0 unspecified atom stereocenters. The van der Waals surface area contributed by atoms with Crippen LogP contribution in [0.5, 0.6) is 0 Å². The molecule has 0 aromatic heterocycles. The van der Waals surface area contributed by atoms with Crippen LogP contribution in [-0.2, 0) is 0 Å². The van der Waals surface area contributed by atoms with Gasteiger partial charge in [-0.2, -0.15) is 0 Å². The first kappa shape index (κ1) is 14.3. The van der Waals surface area contributed by atoms with E-state index in [9.17, 15) is 0 Å². The molecule has 2 heterocycles. The van der Waals surface area contributed by atoms with Gasteiger partial charge in [0, 0.05) is 13.1 Å². The minimum Gasteiger partial charge on any atom is -0.303 e. The Bertz CT molecular complexity index is 233. The largest absolute Gasteiger partial charge is 0.303 e. The summed E-state index contributed by atoms with van der Waals surface area (Å²) in [6.07, 6.45) is 5.69. The summed E-state index contributed by atoms with van der Waals surface area (Å²) in [5.41, 5.74) is 0. The van der Waals surface area contributed by atoms with Crippen LogP contribution in [0.1, 0.15) is 46.5 Å². The molecule has 2 nitrogen and oxygen atoms in total. The Kier molecular flexibility index (Phi) is 5.50. The molecule has 2 heteroatoms. The Morgan fingerprint density at radius 3 is 2.17 bits per heavy atom. The maximum absolute atomic E-state index is 2.74. The molecule has 2 rings (SSSR count). The van der Waals surface area contributed by atoms with E-state index in [1.54, 1.807) is 0 Å². The van der Waals surface area contributed by atoms with Gasteiger partial charge in [-0.15, -0.1) is 0 Å². The quantitative estimate of drug-likeness (QED) is 0.758. The normalized spacial score (nSPS) is 32.8. The second-order valence-corrected chi connectivity index (χ2v) is 6.57. The lowest BCUT2D eigenvalue weighted by Crippen LogP contribution is -2.45. The van der Waals surface area contributed by atoms with Crippen LogP contribution in [0.15, 0.2) is 0 Å². The molecular formula is C16H32N2. The van der Waals surface area contributed by atoms with E-state index in [-0.39, 0.29) is 0 Å². The highest BCUT2D eigenvalue weighted by atomic mass is 15.2. The van der Waals surface area contributed by atoms with Gasteiger partial charge in [0.25, 0.3) is 0 Å². The van der Waals surface area contributed by atoms with Gasteiger partial charge in [-0.05, 0) is 63.2 Å². The molecule has 0 spiro atoms. The van der Waals surface area contributed by atoms with Crippen molar-refractivity contribution in [3.05, 3.63) is 0 Å². The molecule has 18 heavy (non-hydrogen) atoms. The van der Waals surface area contributed by atoms with Crippen molar-refractivity contribution in [2.75, 3.05) is 39.3 Å². The minimum absolute atomic E-state index is 0.891. The summed E-state index contributed by atoms with van der Waals surface area (Å²) in [6.45, 7) is 15.1. The van der Waals surface area contributed by atoms with Gasteiger partial charge in [0.1, 0.15) is 0 Å². The van der Waals surface area contributed by atoms with E-state index in [1.165, 1.54) is 65.0 Å². The highest BCUT2D eigenvalue weighted by molar-refractivity contribution is 4.81. The fourth-order valence-corrected chi connectivity index (χ4v) is 3.75. The lowest BCUT2D eigenvalue weighted by Gasteiger charge is -2.40. The first-order chi connectivity index (χ1) is 8.72. The topological polar surface area (TPSA) is 6.48 Å². The molecule has 0 aromatic carbocycles. The van der Waals surface area contributed by atoms with Gasteiger partial charge in [0.2, 0.25) is 0 Å². The number of piperidine rings is 2. The summed E-state index contributed by atoms with van der Waals surface area (Å²) in [5, 5.41) is 0. The van der Waals surface area contributed by atoms with Gasteiger partial charge >= 0.3 is 0 Å². The van der Waals surface area contributed by atoms with Crippen LogP contribution in [0.4, 0.5) is 0 Å². The van der Waals surface area contributed by atoms with Crippen molar-refractivity contribution in [3.63, 3.8) is 0 Å². The Hall–Kier alpha value is -0.0800. The first-order valence-corrected chi connectivity index (χ1v) is 8.17. The molecule has 0 saturated carbocycles. The summed E-state index contributed by atoms with van der Waals surface area (Å²) >= 11 is 0. The van der Waals surface area contributed by atoms with Crippen molar-refractivity contribution in [2.45, 2.75) is 46.5 Å². The third kappa shape index (κ3) is 3.71. The predicted molar refractivity (Wildman–Crippen MR) is 78.8 cm³/mol. The Morgan fingerprint density at radius 2 is 1.61 bits per heavy atom. The Labute approximate surface area is 114 Å². The van der Waals surface area contributed by atoms with Crippen LogP contribution in [0.25, 0.3) is 0 Å². The van der Waals surface area contributed by atoms with Gasteiger partial charge in [0.05, 0.1) is 0 Å². The van der Waals surface area contributed by atoms with Gasteiger partial charge in [-0.25, -0.2) is 0 Å². The molecule has 106 valence electrons. The first-order valence-electron chi connectivity index (χ1n) is 8.17. The van der Waals surface area contributed by atoms with Crippen molar-refractivity contribution >= 4 is 0 Å². The number of rotatable bonds is 4. The van der Waals surface area contributed by atoms with E-state index >= 15 is 0 Å². The number of hydrogen-bond donors (Lipinski definition) is 0. The highest BCUT2D eigenvalue weighted by Crippen LogP contribution is 2.26. The molecule has 0 aliphatic carbocycles. The summed E-state index contributed by atoms with van der Waals surface area (Å²) in [4.78, 5) is 5.36. The highest BCUT2D eigenvalue weighted by Gasteiger charge is 2.28. The van der Waals surface area contributed by atoms with E-state index in [0.717, 1.165) is 17.8 Å². The smallest absolute Gasteiger partial charge is 0.00132 e. The second kappa shape index (κ2) is 6.91. The third-order valence-electron chi connectivity index (χ3n) is 5.39. The summed E-state index contributed by atoms with van der Waals surface area (Å²) < 4.78 is 0. The number of hydrogen-bond acceptors (Lipinski definition) is 2. The lowest BCUT2D eigenvalue weighted by atomic mass is 9.85. The molecule has 2 aliphatic heterocycles. The zero-order valence-electron chi connectivity index (χ0n) is 12.7. The Balaban J connectivity index is 1.73. The van der Waals surface area contributed by atoms with Crippen LogP contribution >= 0.6 is 0 Å². The monoisotopic (exact) mass is 252 g/mol. The van der Waals surface area contributed by atoms with Crippen molar-refractivity contribution in [1.82, 2.24) is 9.80 Å². The van der Waals surface area contributed by atoms with Crippen molar-refractivity contribution in [1.29, 1.82) is 0 Å². The average molecular weight is 252 g/mol. The standard InChI is InChI=1S/C16H32N2/c1-4-15-6-9-18(10-7-15)13-16-8-11-17(5-2)12-14(16)3/h14-16H,4-13H2,1-3H3/t14-,16-/m1/s1. The van der Waals surface area contributed by atoms with E-state index < -0.39 is 0 Å². The van der Waals surface area contributed by atoms with E-state index in [4.69, 9.17) is 0 Å². The summed E-state index contributed by atoms with van der Waals surface area (Å²) in [6, 6.07) is 0.